The van der Waals surface area contributed by atoms with Gasteiger partial charge in [-0.05, 0) is 19.4 Å². The predicted molar refractivity (Wildman–Crippen MR) is 89.5 cm³/mol. The molecule has 0 aromatic heterocycles. The van der Waals surface area contributed by atoms with Crippen LogP contribution in [0.15, 0.2) is 42.2 Å². The van der Waals surface area contributed by atoms with Crippen LogP contribution in [0, 0.1) is 0 Å². The van der Waals surface area contributed by atoms with Crippen molar-refractivity contribution in [2.24, 2.45) is 0 Å². The Bertz CT molecular complexity index is 476. The zero-order chi connectivity index (χ0) is 13.8. The molecule has 1 aromatic rings. The molecule has 110 valence electrons. The van der Waals surface area contributed by atoms with Crippen LogP contribution in [0.3, 0.4) is 0 Å². The van der Waals surface area contributed by atoms with Crippen LogP contribution >= 0.6 is 24.0 Å². The van der Waals surface area contributed by atoms with E-state index >= 15 is 0 Å². The SMILES string of the molecule is CCOC(=O)C1=CN(C)CN1C(C)c1ccccc1.I. The van der Waals surface area contributed by atoms with Crippen molar-refractivity contribution in [2.45, 2.75) is 19.9 Å². The van der Waals surface area contributed by atoms with Crippen molar-refractivity contribution < 1.29 is 9.53 Å². The molecule has 0 saturated carbocycles. The summed E-state index contributed by atoms with van der Waals surface area (Å²) in [4.78, 5) is 16.0. The summed E-state index contributed by atoms with van der Waals surface area (Å²) >= 11 is 0. The van der Waals surface area contributed by atoms with E-state index in [1.54, 1.807) is 0 Å². The van der Waals surface area contributed by atoms with Crippen LogP contribution in [-0.2, 0) is 9.53 Å². The minimum absolute atomic E-state index is 0. The third-order valence-electron chi connectivity index (χ3n) is 3.26. The Morgan fingerprint density at radius 1 is 1.35 bits per heavy atom. The second-order valence-electron chi connectivity index (χ2n) is 4.69. The van der Waals surface area contributed by atoms with Crippen LogP contribution in [0.25, 0.3) is 0 Å². The highest BCUT2D eigenvalue weighted by Gasteiger charge is 2.29. The van der Waals surface area contributed by atoms with E-state index in [9.17, 15) is 4.79 Å². The van der Waals surface area contributed by atoms with Crippen molar-refractivity contribution in [2.75, 3.05) is 20.3 Å². The van der Waals surface area contributed by atoms with E-state index in [1.165, 1.54) is 5.56 Å². The topological polar surface area (TPSA) is 32.8 Å². The molecule has 1 aliphatic rings. The molecule has 20 heavy (non-hydrogen) atoms. The highest BCUT2D eigenvalue weighted by molar-refractivity contribution is 14.0. The van der Waals surface area contributed by atoms with Crippen LogP contribution in [-0.4, -0.2) is 36.1 Å². The molecule has 2 rings (SSSR count). The maximum absolute atomic E-state index is 12.0. The number of hydrogen-bond acceptors (Lipinski definition) is 4. The van der Waals surface area contributed by atoms with E-state index in [1.807, 2.05) is 43.3 Å². The lowest BCUT2D eigenvalue weighted by Gasteiger charge is -2.28. The maximum atomic E-state index is 12.0. The molecule has 0 aliphatic carbocycles. The first-order valence-electron chi connectivity index (χ1n) is 6.54. The van der Waals surface area contributed by atoms with E-state index in [4.69, 9.17) is 4.74 Å². The first-order valence-corrected chi connectivity index (χ1v) is 6.54. The molecule has 0 N–H and O–H groups in total. The van der Waals surface area contributed by atoms with E-state index in [-0.39, 0.29) is 36.0 Å². The highest BCUT2D eigenvalue weighted by Crippen LogP contribution is 2.28. The van der Waals surface area contributed by atoms with Crippen LogP contribution in [0.2, 0.25) is 0 Å². The number of rotatable bonds is 4. The standard InChI is InChI=1S/C15H20N2O2.HI/c1-4-19-15(18)14-10-16(3)11-17(14)12(2)13-8-6-5-7-9-13;/h5-10,12H,4,11H2,1-3H3;1H. The molecule has 1 unspecified atom stereocenters. The average molecular weight is 388 g/mol. The van der Waals surface area contributed by atoms with E-state index in [0.717, 1.165) is 0 Å². The van der Waals surface area contributed by atoms with E-state index < -0.39 is 0 Å². The fraction of sp³-hybridized carbons (Fsp3) is 0.400. The molecule has 0 saturated heterocycles. The first-order chi connectivity index (χ1) is 9.13. The van der Waals surface area contributed by atoms with Crippen LogP contribution in [0.5, 0.6) is 0 Å². The number of carbonyl (C=O) groups excluding carboxylic acids is 1. The van der Waals surface area contributed by atoms with Gasteiger partial charge in [0.05, 0.1) is 19.3 Å². The van der Waals surface area contributed by atoms with Gasteiger partial charge in [-0.15, -0.1) is 24.0 Å². The van der Waals surface area contributed by atoms with Gasteiger partial charge < -0.3 is 14.5 Å². The van der Waals surface area contributed by atoms with Gasteiger partial charge in [0.25, 0.3) is 0 Å². The number of hydrogen-bond donors (Lipinski definition) is 0. The smallest absolute Gasteiger partial charge is 0.356 e. The van der Waals surface area contributed by atoms with Crippen LogP contribution < -0.4 is 0 Å². The van der Waals surface area contributed by atoms with Crippen LogP contribution in [0.1, 0.15) is 25.5 Å². The molecule has 0 spiro atoms. The summed E-state index contributed by atoms with van der Waals surface area (Å²) in [6.45, 7) is 5.02. The molecule has 5 heteroatoms. The van der Waals surface area contributed by atoms with Gasteiger partial charge in [-0.2, -0.15) is 0 Å². The monoisotopic (exact) mass is 388 g/mol. The van der Waals surface area contributed by atoms with Gasteiger partial charge in [0, 0.05) is 13.2 Å². The zero-order valence-corrected chi connectivity index (χ0v) is 14.4. The summed E-state index contributed by atoms with van der Waals surface area (Å²) < 4.78 is 5.11. The molecule has 1 aromatic carbocycles. The summed E-state index contributed by atoms with van der Waals surface area (Å²) in [6.07, 6.45) is 1.84. The number of esters is 1. The summed E-state index contributed by atoms with van der Waals surface area (Å²) in [6, 6.07) is 10.3. The number of carbonyl (C=O) groups is 1. The van der Waals surface area contributed by atoms with Crippen molar-refractivity contribution in [3.8, 4) is 0 Å². The fourth-order valence-electron chi connectivity index (χ4n) is 2.26. The predicted octanol–water partition coefficient (Wildman–Crippen LogP) is 2.98. The van der Waals surface area contributed by atoms with Gasteiger partial charge in [0.1, 0.15) is 5.70 Å². The van der Waals surface area contributed by atoms with Gasteiger partial charge in [0.2, 0.25) is 0 Å². The second-order valence-corrected chi connectivity index (χ2v) is 4.69. The molecule has 1 atom stereocenters. The first kappa shape index (κ1) is 16.8. The lowest BCUT2D eigenvalue weighted by Crippen LogP contribution is -2.31. The van der Waals surface area contributed by atoms with Gasteiger partial charge in [-0.25, -0.2) is 4.79 Å². The normalized spacial score (nSPS) is 15.4. The van der Waals surface area contributed by atoms with Crippen molar-refractivity contribution in [1.82, 2.24) is 9.80 Å². The molecule has 4 nitrogen and oxygen atoms in total. The number of ether oxygens (including phenoxy) is 1. The molecule has 1 aliphatic heterocycles. The van der Waals surface area contributed by atoms with Gasteiger partial charge in [-0.3, -0.25) is 0 Å². The third kappa shape index (κ3) is 3.65. The number of halogens is 1. The Kier molecular flexibility index (Phi) is 6.32. The minimum Gasteiger partial charge on any atom is -0.461 e. The van der Waals surface area contributed by atoms with Gasteiger partial charge in [-0.1, -0.05) is 30.3 Å². The summed E-state index contributed by atoms with van der Waals surface area (Å²) in [5.41, 5.74) is 1.81. The number of nitrogens with zero attached hydrogens (tertiary/aromatic N) is 2. The fourth-order valence-corrected chi connectivity index (χ4v) is 2.26. The molecular formula is C15H21IN2O2. The molecule has 0 fully saturated rings. The molecule has 0 radical (unpaired) electrons. The van der Waals surface area contributed by atoms with Gasteiger partial charge >= 0.3 is 5.97 Å². The molecular weight excluding hydrogens is 367 g/mol. The summed E-state index contributed by atoms with van der Waals surface area (Å²) in [5.74, 6) is -0.255. The quantitative estimate of drug-likeness (QED) is 0.587. The van der Waals surface area contributed by atoms with Gasteiger partial charge in [0.15, 0.2) is 0 Å². The highest BCUT2D eigenvalue weighted by atomic mass is 127. The minimum atomic E-state index is -0.255. The van der Waals surface area contributed by atoms with Crippen molar-refractivity contribution in [1.29, 1.82) is 0 Å². The molecule has 0 amide bonds. The van der Waals surface area contributed by atoms with E-state index in [0.29, 0.717) is 19.0 Å². The summed E-state index contributed by atoms with van der Waals surface area (Å²) in [7, 11) is 1.96. The van der Waals surface area contributed by atoms with Crippen molar-refractivity contribution >= 4 is 29.9 Å². The Morgan fingerprint density at radius 3 is 2.60 bits per heavy atom. The Morgan fingerprint density at radius 2 is 2.00 bits per heavy atom. The zero-order valence-electron chi connectivity index (χ0n) is 12.1. The second kappa shape index (κ2) is 7.52. The molecule has 0 bridgehead atoms. The van der Waals surface area contributed by atoms with Crippen LogP contribution in [0.4, 0.5) is 0 Å². The summed E-state index contributed by atoms with van der Waals surface area (Å²) in [5, 5.41) is 0. The Balaban J connectivity index is 0.00000200. The molecule has 1 heterocycles. The lowest BCUT2D eigenvalue weighted by molar-refractivity contribution is -0.140. The lowest BCUT2D eigenvalue weighted by atomic mass is 10.1. The maximum Gasteiger partial charge on any atom is 0.356 e. The van der Waals surface area contributed by atoms with E-state index in [2.05, 4.69) is 24.0 Å². The van der Waals surface area contributed by atoms with Crippen molar-refractivity contribution in [3.05, 3.63) is 47.8 Å². The third-order valence-corrected chi connectivity index (χ3v) is 3.26. The Labute approximate surface area is 137 Å². The largest absolute Gasteiger partial charge is 0.461 e. The average Bonchev–Trinajstić information content (AvgIpc) is 2.81. The Hall–Kier alpha value is -1.24. The van der Waals surface area contributed by atoms with Crippen molar-refractivity contribution in [3.63, 3.8) is 0 Å². The number of benzene rings is 1.